The minimum Gasteiger partial charge on any atom is -0.423 e. The number of esters is 1. The molecule has 0 aliphatic carbocycles. The van der Waals surface area contributed by atoms with Gasteiger partial charge < -0.3 is 14.6 Å². The topological polar surface area (TPSA) is 73.2 Å². The number of imidazole rings is 1. The molecule has 6 nitrogen and oxygen atoms in total. The van der Waals surface area contributed by atoms with E-state index in [0.717, 1.165) is 11.1 Å². The van der Waals surface area contributed by atoms with Crippen LogP contribution in [0.5, 0.6) is 5.75 Å². The fourth-order valence-electron chi connectivity index (χ4n) is 2.67. The highest BCUT2D eigenvalue weighted by atomic mass is 16.5. The van der Waals surface area contributed by atoms with Gasteiger partial charge in [-0.15, -0.1) is 0 Å². The number of ether oxygens (including phenoxy) is 1. The molecule has 2 aromatic carbocycles. The van der Waals surface area contributed by atoms with Crippen molar-refractivity contribution < 1.29 is 14.3 Å². The number of rotatable bonds is 6. The molecule has 0 radical (unpaired) electrons. The maximum absolute atomic E-state index is 12.4. The van der Waals surface area contributed by atoms with Gasteiger partial charge in [0.1, 0.15) is 5.75 Å². The van der Waals surface area contributed by atoms with Crippen LogP contribution in [0.1, 0.15) is 27.9 Å². The average molecular weight is 363 g/mol. The van der Waals surface area contributed by atoms with Crippen molar-refractivity contribution >= 4 is 17.6 Å². The van der Waals surface area contributed by atoms with Crippen LogP contribution < -0.4 is 10.1 Å². The van der Waals surface area contributed by atoms with Crippen molar-refractivity contribution in [2.45, 2.75) is 26.8 Å². The predicted octanol–water partition coefficient (Wildman–Crippen LogP) is 3.75. The van der Waals surface area contributed by atoms with E-state index in [1.54, 1.807) is 49.1 Å². The highest BCUT2D eigenvalue weighted by molar-refractivity contribution is 5.95. The van der Waals surface area contributed by atoms with Gasteiger partial charge in [-0.05, 0) is 43.7 Å². The molecule has 0 spiro atoms. The lowest BCUT2D eigenvalue weighted by Crippen LogP contribution is -2.15. The summed E-state index contributed by atoms with van der Waals surface area (Å²) in [6.45, 7) is 4.42. The van der Waals surface area contributed by atoms with E-state index in [0.29, 0.717) is 30.0 Å². The normalized spacial score (nSPS) is 10.4. The van der Waals surface area contributed by atoms with Crippen molar-refractivity contribution in [2.75, 3.05) is 5.32 Å². The lowest BCUT2D eigenvalue weighted by atomic mass is 10.1. The van der Waals surface area contributed by atoms with Crippen LogP contribution in [-0.4, -0.2) is 21.4 Å². The molecule has 0 aliphatic rings. The Bertz CT molecular complexity index is 949. The van der Waals surface area contributed by atoms with Gasteiger partial charge in [0.25, 0.3) is 0 Å². The standard InChI is InChI=1S/C21H21N3O3/c1-15-6-7-19(16(2)12-15)27-21(26)17-4-3-5-18(13-17)23-20(25)8-10-24-11-9-22-14-24/h3-7,9,11-14H,8,10H2,1-2H3,(H,23,25). The zero-order valence-electron chi connectivity index (χ0n) is 15.3. The van der Waals surface area contributed by atoms with E-state index in [2.05, 4.69) is 10.3 Å². The molecule has 0 bridgehead atoms. The summed E-state index contributed by atoms with van der Waals surface area (Å²) in [5, 5.41) is 2.80. The first-order chi connectivity index (χ1) is 13.0. The minimum atomic E-state index is -0.462. The van der Waals surface area contributed by atoms with Crippen LogP contribution >= 0.6 is 0 Å². The molecule has 0 fully saturated rings. The molecule has 0 unspecified atom stereocenters. The zero-order chi connectivity index (χ0) is 19.2. The van der Waals surface area contributed by atoms with Gasteiger partial charge in [-0.2, -0.15) is 0 Å². The number of aryl methyl sites for hydroxylation is 3. The smallest absolute Gasteiger partial charge is 0.343 e. The van der Waals surface area contributed by atoms with E-state index in [-0.39, 0.29) is 5.91 Å². The summed E-state index contributed by atoms with van der Waals surface area (Å²) in [4.78, 5) is 28.5. The molecule has 1 heterocycles. The molecule has 0 saturated carbocycles. The number of carbonyl (C=O) groups is 2. The molecule has 3 rings (SSSR count). The van der Waals surface area contributed by atoms with Gasteiger partial charge in [0, 0.05) is 31.0 Å². The zero-order valence-corrected chi connectivity index (χ0v) is 15.3. The second kappa shape index (κ2) is 8.31. The molecule has 138 valence electrons. The van der Waals surface area contributed by atoms with Gasteiger partial charge in [-0.25, -0.2) is 9.78 Å². The first-order valence-electron chi connectivity index (χ1n) is 8.66. The van der Waals surface area contributed by atoms with Gasteiger partial charge in [-0.3, -0.25) is 4.79 Å². The fraction of sp³-hybridized carbons (Fsp3) is 0.190. The maximum atomic E-state index is 12.4. The van der Waals surface area contributed by atoms with E-state index < -0.39 is 5.97 Å². The van der Waals surface area contributed by atoms with Gasteiger partial charge >= 0.3 is 5.97 Å². The molecule has 1 N–H and O–H groups in total. The fourth-order valence-corrected chi connectivity index (χ4v) is 2.67. The molecule has 1 amide bonds. The summed E-state index contributed by atoms with van der Waals surface area (Å²) in [6, 6.07) is 12.4. The van der Waals surface area contributed by atoms with Crippen LogP contribution in [0.4, 0.5) is 5.69 Å². The lowest BCUT2D eigenvalue weighted by molar-refractivity contribution is -0.116. The molecule has 1 aromatic heterocycles. The quantitative estimate of drug-likeness (QED) is 0.535. The Kier molecular flexibility index (Phi) is 5.66. The van der Waals surface area contributed by atoms with Crippen LogP contribution in [0, 0.1) is 13.8 Å². The van der Waals surface area contributed by atoms with Crippen molar-refractivity contribution in [3.05, 3.63) is 77.9 Å². The predicted molar refractivity (Wildman–Crippen MR) is 103 cm³/mol. The number of benzene rings is 2. The largest absolute Gasteiger partial charge is 0.423 e. The molecule has 6 heteroatoms. The van der Waals surface area contributed by atoms with E-state index >= 15 is 0 Å². The van der Waals surface area contributed by atoms with Crippen LogP contribution in [0.25, 0.3) is 0 Å². The number of aromatic nitrogens is 2. The van der Waals surface area contributed by atoms with Crippen LogP contribution in [-0.2, 0) is 11.3 Å². The number of anilines is 1. The van der Waals surface area contributed by atoms with Crippen molar-refractivity contribution in [3.63, 3.8) is 0 Å². The summed E-state index contributed by atoms with van der Waals surface area (Å²) in [6.07, 6.45) is 5.45. The van der Waals surface area contributed by atoms with Crippen molar-refractivity contribution in [1.82, 2.24) is 9.55 Å². The van der Waals surface area contributed by atoms with Crippen molar-refractivity contribution in [1.29, 1.82) is 0 Å². The Labute approximate surface area is 157 Å². The Morgan fingerprint density at radius 2 is 2.00 bits per heavy atom. The number of hydrogen-bond donors (Lipinski definition) is 1. The summed E-state index contributed by atoms with van der Waals surface area (Å²) in [5.41, 5.74) is 2.93. The Hall–Kier alpha value is -3.41. The highest BCUT2D eigenvalue weighted by Gasteiger charge is 2.12. The minimum absolute atomic E-state index is 0.136. The van der Waals surface area contributed by atoms with E-state index in [1.165, 1.54) is 0 Å². The molecular formula is C21H21N3O3. The van der Waals surface area contributed by atoms with E-state index in [9.17, 15) is 9.59 Å². The Morgan fingerprint density at radius 1 is 1.15 bits per heavy atom. The summed E-state index contributed by atoms with van der Waals surface area (Å²) >= 11 is 0. The lowest BCUT2D eigenvalue weighted by Gasteiger charge is -2.10. The molecule has 0 aliphatic heterocycles. The summed E-state index contributed by atoms with van der Waals surface area (Å²) in [5.74, 6) is -0.0690. The Balaban J connectivity index is 1.62. The second-order valence-electron chi connectivity index (χ2n) is 6.34. The SMILES string of the molecule is Cc1ccc(OC(=O)c2cccc(NC(=O)CCn3ccnc3)c2)c(C)c1. The van der Waals surface area contributed by atoms with Crippen LogP contribution in [0.2, 0.25) is 0 Å². The summed E-state index contributed by atoms with van der Waals surface area (Å²) < 4.78 is 7.31. The molecule has 0 atom stereocenters. The number of nitrogens with one attached hydrogen (secondary N) is 1. The first-order valence-corrected chi connectivity index (χ1v) is 8.66. The maximum Gasteiger partial charge on any atom is 0.343 e. The number of amides is 1. The summed E-state index contributed by atoms with van der Waals surface area (Å²) in [7, 11) is 0. The van der Waals surface area contributed by atoms with Gasteiger partial charge in [0.05, 0.1) is 11.9 Å². The van der Waals surface area contributed by atoms with Gasteiger partial charge in [0.2, 0.25) is 5.91 Å². The van der Waals surface area contributed by atoms with Crippen molar-refractivity contribution in [3.8, 4) is 5.75 Å². The van der Waals surface area contributed by atoms with Gasteiger partial charge in [0.15, 0.2) is 0 Å². The number of carbonyl (C=O) groups excluding carboxylic acids is 2. The average Bonchev–Trinajstić information content (AvgIpc) is 3.16. The first kappa shape index (κ1) is 18.4. The number of nitrogens with zero attached hydrogens (tertiary/aromatic N) is 2. The third-order valence-corrected chi connectivity index (χ3v) is 4.07. The van der Waals surface area contributed by atoms with E-state index in [4.69, 9.17) is 4.74 Å². The number of hydrogen-bond acceptors (Lipinski definition) is 4. The monoisotopic (exact) mass is 363 g/mol. The van der Waals surface area contributed by atoms with E-state index in [1.807, 2.05) is 30.5 Å². The van der Waals surface area contributed by atoms with Gasteiger partial charge in [-0.1, -0.05) is 23.8 Å². The second-order valence-corrected chi connectivity index (χ2v) is 6.34. The molecule has 0 saturated heterocycles. The molecular weight excluding hydrogens is 342 g/mol. The van der Waals surface area contributed by atoms with Crippen LogP contribution in [0.3, 0.4) is 0 Å². The third-order valence-electron chi connectivity index (χ3n) is 4.07. The highest BCUT2D eigenvalue weighted by Crippen LogP contribution is 2.21. The third kappa shape index (κ3) is 5.04. The molecule has 27 heavy (non-hydrogen) atoms. The molecule has 3 aromatic rings. The van der Waals surface area contributed by atoms with Crippen LogP contribution in [0.15, 0.2) is 61.2 Å². The van der Waals surface area contributed by atoms with Crippen molar-refractivity contribution in [2.24, 2.45) is 0 Å². The Morgan fingerprint density at radius 3 is 2.74 bits per heavy atom.